The molecule has 0 radical (unpaired) electrons. The van der Waals surface area contributed by atoms with Crippen LogP contribution in [-0.4, -0.2) is 33.0 Å². The highest BCUT2D eigenvalue weighted by Gasteiger charge is 2.27. The lowest BCUT2D eigenvalue weighted by molar-refractivity contribution is 0.0983. The van der Waals surface area contributed by atoms with Gasteiger partial charge in [0.25, 0.3) is 15.9 Å². The van der Waals surface area contributed by atoms with Gasteiger partial charge < -0.3 is 9.15 Å². The molecule has 8 nitrogen and oxygen atoms in total. The maximum absolute atomic E-state index is 13.8. The zero-order chi connectivity index (χ0) is 27.6. The van der Waals surface area contributed by atoms with Crippen LogP contribution in [0, 0.1) is 6.92 Å². The van der Waals surface area contributed by atoms with E-state index in [1.807, 2.05) is 25.1 Å². The zero-order valence-electron chi connectivity index (χ0n) is 21.7. The Hall–Kier alpha value is -4.15. The van der Waals surface area contributed by atoms with Crippen LogP contribution < -0.4 is 13.9 Å². The molecule has 2 aromatic heterocycles. The number of aryl methyl sites for hydroxylation is 1. The van der Waals surface area contributed by atoms with E-state index in [-0.39, 0.29) is 23.9 Å². The van der Waals surface area contributed by atoms with Gasteiger partial charge in [-0.2, -0.15) is 0 Å². The average Bonchev–Trinajstić information content (AvgIpc) is 3.63. The van der Waals surface area contributed by atoms with Crippen molar-refractivity contribution >= 4 is 48.3 Å². The maximum Gasteiger partial charge on any atom is 0.264 e. The molecule has 0 N–H and O–H groups in total. The lowest BCUT2D eigenvalue weighted by Crippen LogP contribution is -2.31. The smallest absolute Gasteiger partial charge is 0.264 e. The first-order chi connectivity index (χ1) is 18.8. The van der Waals surface area contributed by atoms with E-state index >= 15 is 0 Å². The number of carbonyl (C=O) groups is 1. The van der Waals surface area contributed by atoms with Crippen LogP contribution in [0.4, 0.5) is 10.8 Å². The third-order valence-electron chi connectivity index (χ3n) is 6.30. The summed E-state index contributed by atoms with van der Waals surface area (Å²) in [5, 5.41) is 0.483. The van der Waals surface area contributed by atoms with Crippen molar-refractivity contribution in [2.45, 2.75) is 25.3 Å². The Morgan fingerprint density at radius 2 is 1.74 bits per heavy atom. The summed E-state index contributed by atoms with van der Waals surface area (Å²) in [5.74, 6) is 0.880. The number of methoxy groups -OCH3 is 1. The minimum absolute atomic E-state index is 0.0997. The van der Waals surface area contributed by atoms with Gasteiger partial charge in [0.05, 0.1) is 35.2 Å². The van der Waals surface area contributed by atoms with Crippen molar-refractivity contribution in [3.8, 4) is 5.75 Å². The normalized spacial score (nSPS) is 11.5. The maximum atomic E-state index is 13.8. The summed E-state index contributed by atoms with van der Waals surface area (Å²) in [7, 11) is -2.24. The Balaban J connectivity index is 1.50. The first-order valence-corrected chi connectivity index (χ1v) is 14.6. The number of nitrogens with zero attached hydrogens (tertiary/aromatic N) is 3. The SMILES string of the molecule is CCN(c1ccccc1)S(=O)(=O)c1ccc(C(=O)N(Cc2ccco2)c2nc3c(OC)ccc(C)c3s2)cc1. The third kappa shape index (κ3) is 5.13. The number of carbonyl (C=O) groups excluding carboxylic acids is 1. The average molecular weight is 562 g/mol. The van der Waals surface area contributed by atoms with Crippen LogP contribution >= 0.6 is 11.3 Å². The van der Waals surface area contributed by atoms with Crippen molar-refractivity contribution in [1.29, 1.82) is 0 Å². The van der Waals surface area contributed by atoms with Crippen molar-refractivity contribution < 1.29 is 22.4 Å². The Morgan fingerprint density at radius 1 is 1.00 bits per heavy atom. The fourth-order valence-electron chi connectivity index (χ4n) is 4.30. The van der Waals surface area contributed by atoms with Crippen LogP contribution in [-0.2, 0) is 16.6 Å². The Morgan fingerprint density at radius 3 is 2.38 bits per heavy atom. The molecule has 0 aliphatic carbocycles. The van der Waals surface area contributed by atoms with Gasteiger partial charge in [-0.15, -0.1) is 0 Å². The van der Waals surface area contributed by atoms with E-state index in [0.29, 0.717) is 33.4 Å². The number of fused-ring (bicyclic) bond motifs is 1. The van der Waals surface area contributed by atoms with Gasteiger partial charge >= 0.3 is 0 Å². The number of ether oxygens (including phenoxy) is 1. The topological polar surface area (TPSA) is 93.0 Å². The van der Waals surface area contributed by atoms with Crippen molar-refractivity contribution in [3.05, 3.63) is 102 Å². The highest BCUT2D eigenvalue weighted by atomic mass is 32.2. The number of sulfonamides is 1. The number of thiazole rings is 1. The van der Waals surface area contributed by atoms with E-state index in [2.05, 4.69) is 0 Å². The van der Waals surface area contributed by atoms with E-state index in [1.165, 1.54) is 44.8 Å². The molecule has 39 heavy (non-hydrogen) atoms. The van der Waals surface area contributed by atoms with Crippen molar-refractivity contribution in [3.63, 3.8) is 0 Å². The summed E-state index contributed by atoms with van der Waals surface area (Å²) in [6, 6.07) is 22.3. The third-order valence-corrected chi connectivity index (χ3v) is 9.43. The number of furan rings is 1. The summed E-state index contributed by atoms with van der Waals surface area (Å²) < 4.78 is 40.1. The van der Waals surface area contributed by atoms with E-state index in [0.717, 1.165) is 10.3 Å². The van der Waals surface area contributed by atoms with Crippen molar-refractivity contribution in [2.24, 2.45) is 0 Å². The molecule has 5 rings (SSSR count). The van der Waals surface area contributed by atoms with Gasteiger partial charge in [0, 0.05) is 12.1 Å². The van der Waals surface area contributed by atoms with Crippen molar-refractivity contribution in [1.82, 2.24) is 4.98 Å². The van der Waals surface area contributed by atoms with Gasteiger partial charge in [0.2, 0.25) is 0 Å². The van der Waals surface area contributed by atoms with Crippen LogP contribution in [0.3, 0.4) is 0 Å². The predicted octanol–water partition coefficient (Wildman–Crippen LogP) is 6.27. The van der Waals surface area contributed by atoms with Crippen molar-refractivity contribution in [2.75, 3.05) is 22.9 Å². The van der Waals surface area contributed by atoms with Gasteiger partial charge in [0.15, 0.2) is 5.13 Å². The highest BCUT2D eigenvalue weighted by molar-refractivity contribution is 7.92. The molecule has 0 unspecified atom stereocenters. The molecule has 2 heterocycles. The molecular weight excluding hydrogens is 534 g/mol. The lowest BCUT2D eigenvalue weighted by Gasteiger charge is -2.23. The number of para-hydroxylation sites is 1. The number of benzene rings is 3. The number of rotatable bonds is 9. The summed E-state index contributed by atoms with van der Waals surface area (Å²) in [4.78, 5) is 20.2. The van der Waals surface area contributed by atoms with E-state index < -0.39 is 10.0 Å². The summed E-state index contributed by atoms with van der Waals surface area (Å²) >= 11 is 1.39. The second kappa shape index (κ2) is 10.9. The second-order valence-electron chi connectivity index (χ2n) is 8.76. The summed E-state index contributed by atoms with van der Waals surface area (Å²) in [6.07, 6.45) is 1.55. The molecule has 10 heteroatoms. The van der Waals surface area contributed by atoms with E-state index in [1.54, 1.807) is 56.7 Å². The Kier molecular flexibility index (Phi) is 7.40. The quantitative estimate of drug-likeness (QED) is 0.211. The number of hydrogen-bond acceptors (Lipinski definition) is 7. The molecule has 5 aromatic rings. The van der Waals surface area contributed by atoms with E-state index in [4.69, 9.17) is 14.1 Å². The zero-order valence-corrected chi connectivity index (χ0v) is 23.3. The fourth-order valence-corrected chi connectivity index (χ4v) is 6.82. The molecule has 3 aromatic carbocycles. The second-order valence-corrected chi connectivity index (χ2v) is 11.6. The molecule has 0 fully saturated rings. The van der Waals surface area contributed by atoms with Crippen LogP contribution in [0.5, 0.6) is 5.75 Å². The molecule has 1 amide bonds. The number of hydrogen-bond donors (Lipinski definition) is 0. The summed E-state index contributed by atoms with van der Waals surface area (Å²) in [5.41, 5.74) is 2.60. The minimum atomic E-state index is -3.82. The Bertz CT molecular complexity index is 1700. The van der Waals surface area contributed by atoms with Gasteiger partial charge in [-0.05, 0) is 74.0 Å². The largest absolute Gasteiger partial charge is 0.494 e. The van der Waals surface area contributed by atoms with Gasteiger partial charge in [0.1, 0.15) is 17.0 Å². The minimum Gasteiger partial charge on any atom is -0.494 e. The number of aromatic nitrogens is 1. The van der Waals surface area contributed by atoms with Crippen LogP contribution in [0.2, 0.25) is 0 Å². The van der Waals surface area contributed by atoms with Gasteiger partial charge in [-0.3, -0.25) is 14.0 Å². The lowest BCUT2D eigenvalue weighted by atomic mass is 10.2. The monoisotopic (exact) mass is 561 g/mol. The van der Waals surface area contributed by atoms with E-state index in [9.17, 15) is 13.2 Å². The first-order valence-electron chi connectivity index (χ1n) is 12.3. The highest BCUT2D eigenvalue weighted by Crippen LogP contribution is 2.37. The molecule has 200 valence electrons. The number of amides is 1. The molecule has 0 aliphatic rings. The fraction of sp³-hybridized carbons (Fsp3) is 0.172. The van der Waals surface area contributed by atoms with Crippen LogP contribution in [0.15, 0.2) is 94.4 Å². The number of anilines is 2. The standard InChI is InChI=1S/C29H27N3O5S2/c1-4-32(22-9-6-5-7-10-22)39(34,35)24-15-13-21(14-16-24)28(33)31(19-23-11-8-18-37-23)29-30-26-25(36-3)17-12-20(2)27(26)38-29/h5-18H,4,19H2,1-3H3. The molecule has 0 bridgehead atoms. The molecule has 0 saturated carbocycles. The van der Waals surface area contributed by atoms with Gasteiger partial charge in [-0.1, -0.05) is 35.6 Å². The van der Waals surface area contributed by atoms with Gasteiger partial charge in [-0.25, -0.2) is 13.4 Å². The molecule has 0 aliphatic heterocycles. The predicted molar refractivity (Wildman–Crippen MR) is 153 cm³/mol. The first kappa shape index (κ1) is 26.5. The molecule has 0 spiro atoms. The Labute approximate surface area is 231 Å². The molecule has 0 saturated heterocycles. The van der Waals surface area contributed by atoms with Crippen LogP contribution in [0.1, 0.15) is 28.6 Å². The molecular formula is C29H27N3O5S2. The summed E-state index contributed by atoms with van der Waals surface area (Å²) in [6.45, 7) is 4.19. The van der Waals surface area contributed by atoms with Crippen LogP contribution in [0.25, 0.3) is 10.2 Å². The molecule has 0 atom stereocenters.